The lowest BCUT2D eigenvalue weighted by Gasteiger charge is -2.10. The van der Waals surface area contributed by atoms with Crippen LogP contribution in [0.5, 0.6) is 17.4 Å². The van der Waals surface area contributed by atoms with Crippen LogP contribution in [0.1, 0.15) is 10.4 Å². The lowest BCUT2D eigenvalue weighted by Crippen LogP contribution is -1.93. The Hall–Kier alpha value is -2.56. The molecule has 5 nitrogen and oxygen atoms in total. The summed E-state index contributed by atoms with van der Waals surface area (Å²) in [5.74, 6) is 0.850. The van der Waals surface area contributed by atoms with Crippen LogP contribution in [0.15, 0.2) is 30.5 Å². The summed E-state index contributed by atoms with van der Waals surface area (Å²) in [6, 6.07) is 6.40. The summed E-state index contributed by atoms with van der Waals surface area (Å²) in [4.78, 5) is 15.2. The van der Waals surface area contributed by atoms with Crippen LogP contribution in [0.4, 0.5) is 0 Å². The molecule has 2 rings (SSSR count). The second-order valence-corrected chi connectivity index (χ2v) is 3.82. The number of phenolic OH excluding ortho intramolecular Hbond substituents is 1. The number of rotatable bonds is 4. The Morgan fingerprint density at radius 2 is 2.00 bits per heavy atom. The van der Waals surface area contributed by atoms with Crippen LogP contribution in [-0.4, -0.2) is 30.6 Å². The minimum absolute atomic E-state index is 0.0339. The number of phenols is 1. The molecular weight excluding hydrogens is 246 g/mol. The van der Waals surface area contributed by atoms with Gasteiger partial charge in [0.1, 0.15) is 11.5 Å². The van der Waals surface area contributed by atoms with E-state index in [1.807, 2.05) is 0 Å². The van der Waals surface area contributed by atoms with Gasteiger partial charge in [0, 0.05) is 35.0 Å². The molecule has 5 heteroatoms. The monoisotopic (exact) mass is 259 g/mol. The average molecular weight is 259 g/mol. The largest absolute Gasteiger partial charge is 0.507 e. The van der Waals surface area contributed by atoms with Gasteiger partial charge in [0.25, 0.3) is 0 Å². The molecule has 0 aliphatic heterocycles. The van der Waals surface area contributed by atoms with Crippen molar-refractivity contribution in [3.8, 4) is 28.5 Å². The fourth-order valence-corrected chi connectivity index (χ4v) is 1.80. The van der Waals surface area contributed by atoms with Crippen molar-refractivity contribution in [2.45, 2.75) is 0 Å². The van der Waals surface area contributed by atoms with Crippen LogP contribution < -0.4 is 9.47 Å². The van der Waals surface area contributed by atoms with Gasteiger partial charge in [-0.25, -0.2) is 4.98 Å². The first kappa shape index (κ1) is 12.9. The van der Waals surface area contributed by atoms with E-state index in [-0.39, 0.29) is 5.75 Å². The van der Waals surface area contributed by atoms with E-state index in [4.69, 9.17) is 9.47 Å². The molecule has 0 atom stereocenters. The molecule has 0 bridgehead atoms. The molecule has 0 spiro atoms. The Kier molecular flexibility index (Phi) is 3.66. The zero-order valence-electron chi connectivity index (χ0n) is 10.6. The molecule has 0 amide bonds. The smallest absolute Gasteiger partial charge is 0.212 e. The first-order chi connectivity index (χ1) is 9.19. The first-order valence-corrected chi connectivity index (χ1v) is 5.56. The molecule has 98 valence electrons. The molecule has 0 saturated heterocycles. The summed E-state index contributed by atoms with van der Waals surface area (Å²) in [5, 5.41) is 10.0. The van der Waals surface area contributed by atoms with E-state index in [9.17, 15) is 9.90 Å². The van der Waals surface area contributed by atoms with Gasteiger partial charge in [-0.3, -0.25) is 4.79 Å². The molecule has 0 aliphatic carbocycles. The SMILES string of the molecule is COc1cc(O)c(-c2ccc(OC)nc2)c(C=O)c1. The normalized spacial score (nSPS) is 10.0. The minimum Gasteiger partial charge on any atom is -0.507 e. The van der Waals surface area contributed by atoms with Crippen molar-refractivity contribution < 1.29 is 19.4 Å². The van der Waals surface area contributed by atoms with Crippen molar-refractivity contribution >= 4 is 6.29 Å². The highest BCUT2D eigenvalue weighted by molar-refractivity contribution is 5.91. The molecule has 1 heterocycles. The van der Waals surface area contributed by atoms with Crippen molar-refractivity contribution in [1.29, 1.82) is 0 Å². The van der Waals surface area contributed by atoms with Gasteiger partial charge in [-0.15, -0.1) is 0 Å². The summed E-state index contributed by atoms with van der Waals surface area (Å²) < 4.78 is 9.98. The third-order valence-corrected chi connectivity index (χ3v) is 2.72. The van der Waals surface area contributed by atoms with Gasteiger partial charge >= 0.3 is 0 Å². The van der Waals surface area contributed by atoms with Crippen molar-refractivity contribution in [3.63, 3.8) is 0 Å². The second-order valence-electron chi connectivity index (χ2n) is 3.82. The number of pyridine rings is 1. The van der Waals surface area contributed by atoms with E-state index in [2.05, 4.69) is 4.98 Å². The molecule has 19 heavy (non-hydrogen) atoms. The molecule has 1 N–H and O–H groups in total. The Bertz CT molecular complexity index is 593. The molecule has 0 radical (unpaired) electrons. The maximum atomic E-state index is 11.1. The Balaban J connectivity index is 2.56. The number of aromatic hydroxyl groups is 1. The predicted octanol–water partition coefficient (Wildman–Crippen LogP) is 2.28. The molecule has 0 saturated carbocycles. The first-order valence-electron chi connectivity index (χ1n) is 5.56. The maximum Gasteiger partial charge on any atom is 0.212 e. The Morgan fingerprint density at radius 1 is 1.21 bits per heavy atom. The fourth-order valence-electron chi connectivity index (χ4n) is 1.80. The number of nitrogens with zero attached hydrogens (tertiary/aromatic N) is 1. The van der Waals surface area contributed by atoms with Crippen molar-refractivity contribution in [2.24, 2.45) is 0 Å². The predicted molar refractivity (Wildman–Crippen MR) is 69.8 cm³/mol. The van der Waals surface area contributed by atoms with Gasteiger partial charge < -0.3 is 14.6 Å². The van der Waals surface area contributed by atoms with Gasteiger partial charge in [0.15, 0.2) is 6.29 Å². The number of ether oxygens (including phenoxy) is 2. The summed E-state index contributed by atoms with van der Waals surface area (Å²) in [5.41, 5.74) is 1.39. The van der Waals surface area contributed by atoms with E-state index in [1.54, 1.807) is 18.2 Å². The van der Waals surface area contributed by atoms with E-state index in [1.165, 1.54) is 26.5 Å². The highest BCUT2D eigenvalue weighted by atomic mass is 16.5. The van der Waals surface area contributed by atoms with E-state index in [0.717, 1.165) is 0 Å². The summed E-state index contributed by atoms with van der Waals surface area (Å²) in [6.07, 6.45) is 2.20. The third kappa shape index (κ3) is 2.49. The van der Waals surface area contributed by atoms with Crippen LogP contribution in [0.25, 0.3) is 11.1 Å². The van der Waals surface area contributed by atoms with E-state index >= 15 is 0 Å². The second kappa shape index (κ2) is 5.39. The molecule has 1 aromatic heterocycles. The number of hydrogen-bond acceptors (Lipinski definition) is 5. The Morgan fingerprint density at radius 3 is 2.53 bits per heavy atom. The van der Waals surface area contributed by atoms with E-state index < -0.39 is 0 Å². The van der Waals surface area contributed by atoms with Crippen molar-refractivity contribution in [2.75, 3.05) is 14.2 Å². The van der Waals surface area contributed by atoms with Crippen LogP contribution in [0.2, 0.25) is 0 Å². The summed E-state index contributed by atoms with van der Waals surface area (Å²) >= 11 is 0. The molecule has 1 aromatic carbocycles. The number of aromatic nitrogens is 1. The molecule has 0 fully saturated rings. The number of hydrogen-bond donors (Lipinski definition) is 1. The standard InChI is InChI=1S/C14H13NO4/c1-18-11-5-10(8-16)14(12(17)6-11)9-3-4-13(19-2)15-7-9/h3-8,17H,1-2H3. The average Bonchev–Trinajstić information content (AvgIpc) is 2.46. The number of aldehydes is 1. The lowest BCUT2D eigenvalue weighted by atomic mass is 10.0. The van der Waals surface area contributed by atoms with Crippen LogP contribution in [0, 0.1) is 0 Å². The molecule has 2 aromatic rings. The fraction of sp³-hybridized carbons (Fsp3) is 0.143. The van der Waals surface area contributed by atoms with Gasteiger partial charge in [-0.05, 0) is 12.1 Å². The lowest BCUT2D eigenvalue weighted by molar-refractivity contribution is 0.112. The highest BCUT2D eigenvalue weighted by Gasteiger charge is 2.13. The molecular formula is C14H13NO4. The number of methoxy groups -OCH3 is 2. The molecule has 0 aliphatic rings. The van der Waals surface area contributed by atoms with Crippen LogP contribution in [-0.2, 0) is 0 Å². The van der Waals surface area contributed by atoms with Crippen molar-refractivity contribution in [3.05, 3.63) is 36.0 Å². The number of carbonyl (C=O) groups excluding carboxylic acids is 1. The molecule has 0 unspecified atom stereocenters. The zero-order chi connectivity index (χ0) is 13.8. The Labute approximate surface area is 110 Å². The van der Waals surface area contributed by atoms with Gasteiger partial charge in [-0.1, -0.05) is 0 Å². The van der Waals surface area contributed by atoms with Crippen molar-refractivity contribution in [1.82, 2.24) is 4.98 Å². The number of benzene rings is 1. The maximum absolute atomic E-state index is 11.1. The van der Waals surface area contributed by atoms with Gasteiger partial charge in [0.2, 0.25) is 5.88 Å². The quantitative estimate of drug-likeness (QED) is 0.853. The van der Waals surface area contributed by atoms with E-state index in [0.29, 0.717) is 34.6 Å². The zero-order valence-corrected chi connectivity index (χ0v) is 10.6. The third-order valence-electron chi connectivity index (χ3n) is 2.72. The van der Waals surface area contributed by atoms with Gasteiger partial charge in [0.05, 0.1) is 14.2 Å². The number of carbonyl (C=O) groups is 1. The topological polar surface area (TPSA) is 68.7 Å². The summed E-state index contributed by atoms with van der Waals surface area (Å²) in [6.45, 7) is 0. The van der Waals surface area contributed by atoms with Crippen LogP contribution >= 0.6 is 0 Å². The van der Waals surface area contributed by atoms with Crippen LogP contribution in [0.3, 0.4) is 0 Å². The highest BCUT2D eigenvalue weighted by Crippen LogP contribution is 2.35. The summed E-state index contributed by atoms with van der Waals surface area (Å²) in [7, 11) is 2.99. The minimum atomic E-state index is -0.0339. The van der Waals surface area contributed by atoms with Gasteiger partial charge in [-0.2, -0.15) is 0 Å².